The van der Waals surface area contributed by atoms with Crippen LogP contribution in [0.2, 0.25) is 0 Å². The summed E-state index contributed by atoms with van der Waals surface area (Å²) < 4.78 is 0. The molecule has 0 radical (unpaired) electrons. The van der Waals surface area contributed by atoms with Gasteiger partial charge in [-0.05, 0) is 36.8 Å². The summed E-state index contributed by atoms with van der Waals surface area (Å²) in [6, 6.07) is 5.80. The van der Waals surface area contributed by atoms with Crippen molar-refractivity contribution in [1.29, 1.82) is 0 Å². The summed E-state index contributed by atoms with van der Waals surface area (Å²) >= 11 is 1.43. The van der Waals surface area contributed by atoms with Gasteiger partial charge in [0, 0.05) is 6.42 Å². The summed E-state index contributed by atoms with van der Waals surface area (Å²) in [6.45, 7) is 0. The van der Waals surface area contributed by atoms with Crippen molar-refractivity contribution >= 4 is 35.5 Å². The second-order valence-electron chi connectivity index (χ2n) is 6.47. The Bertz CT molecular complexity index is 700. The molecule has 1 aromatic carbocycles. The number of thioether (sulfide) groups is 1. The van der Waals surface area contributed by atoms with Crippen LogP contribution in [0.5, 0.6) is 0 Å². The number of carbonyl (C=O) groups is 4. The van der Waals surface area contributed by atoms with Gasteiger partial charge < -0.3 is 26.6 Å². The molecule has 160 valence electrons. The number of carbonyl (C=O) groups excluding carboxylic acids is 2. The molecule has 0 aliphatic carbocycles. The van der Waals surface area contributed by atoms with Gasteiger partial charge in [0.2, 0.25) is 11.8 Å². The molecular weight excluding hydrogens is 398 g/mol. The highest BCUT2D eigenvalue weighted by molar-refractivity contribution is 7.98. The molecule has 3 unspecified atom stereocenters. The van der Waals surface area contributed by atoms with Crippen molar-refractivity contribution < 1.29 is 29.4 Å². The van der Waals surface area contributed by atoms with Crippen LogP contribution in [0.4, 0.5) is 0 Å². The first kappa shape index (κ1) is 24.4. The molecule has 29 heavy (non-hydrogen) atoms. The summed E-state index contributed by atoms with van der Waals surface area (Å²) in [7, 11) is 0. The van der Waals surface area contributed by atoms with Crippen LogP contribution in [-0.4, -0.2) is 64.1 Å². The van der Waals surface area contributed by atoms with Crippen LogP contribution in [0.15, 0.2) is 30.3 Å². The first-order valence-corrected chi connectivity index (χ1v) is 10.5. The van der Waals surface area contributed by atoms with E-state index in [0.717, 1.165) is 5.56 Å². The van der Waals surface area contributed by atoms with Gasteiger partial charge in [-0.2, -0.15) is 11.8 Å². The normalized spacial score (nSPS) is 13.7. The lowest BCUT2D eigenvalue weighted by atomic mass is 10.0. The van der Waals surface area contributed by atoms with Gasteiger partial charge in [-0.25, -0.2) is 4.79 Å². The SMILES string of the molecule is CSCCC(NC(=O)C(CCC(=O)O)NC(=O)C(N)Cc1ccccc1)C(=O)O. The van der Waals surface area contributed by atoms with E-state index >= 15 is 0 Å². The maximum atomic E-state index is 12.5. The molecular formula is C19H27N3O6S. The minimum Gasteiger partial charge on any atom is -0.481 e. The number of rotatable bonds is 13. The molecule has 9 nitrogen and oxygen atoms in total. The van der Waals surface area contributed by atoms with Crippen LogP contribution in [0.3, 0.4) is 0 Å². The standard InChI is InChI=1S/C19H27N3O6S/c1-29-10-9-15(19(27)28)22-18(26)14(7-8-16(23)24)21-17(25)13(20)11-12-5-3-2-4-6-12/h2-6,13-15H,7-11,20H2,1H3,(H,21,25)(H,22,26)(H,23,24)(H,27,28). The third kappa shape index (κ3) is 9.44. The van der Waals surface area contributed by atoms with E-state index in [1.807, 2.05) is 36.6 Å². The Labute approximate surface area is 173 Å². The number of hydrogen-bond donors (Lipinski definition) is 5. The molecule has 0 spiro atoms. The van der Waals surface area contributed by atoms with Crippen molar-refractivity contribution in [2.45, 2.75) is 43.8 Å². The fraction of sp³-hybridized carbons (Fsp3) is 0.474. The summed E-state index contributed by atoms with van der Waals surface area (Å²) in [4.78, 5) is 47.2. The van der Waals surface area contributed by atoms with Gasteiger partial charge in [0.1, 0.15) is 12.1 Å². The molecule has 6 N–H and O–H groups in total. The first-order chi connectivity index (χ1) is 13.7. The minimum absolute atomic E-state index is 0.181. The van der Waals surface area contributed by atoms with Crippen LogP contribution in [0.25, 0.3) is 0 Å². The highest BCUT2D eigenvalue weighted by Crippen LogP contribution is 2.06. The van der Waals surface area contributed by atoms with Gasteiger partial charge in [-0.15, -0.1) is 0 Å². The third-order valence-corrected chi connectivity index (χ3v) is 4.78. The second kappa shape index (κ2) is 12.8. The Hall–Kier alpha value is -2.59. The van der Waals surface area contributed by atoms with Crippen molar-refractivity contribution in [1.82, 2.24) is 10.6 Å². The smallest absolute Gasteiger partial charge is 0.326 e. The zero-order valence-corrected chi connectivity index (χ0v) is 17.0. The largest absolute Gasteiger partial charge is 0.481 e. The van der Waals surface area contributed by atoms with E-state index in [-0.39, 0.29) is 25.7 Å². The van der Waals surface area contributed by atoms with E-state index in [1.165, 1.54) is 11.8 Å². The third-order valence-electron chi connectivity index (χ3n) is 4.14. The van der Waals surface area contributed by atoms with Gasteiger partial charge in [-0.3, -0.25) is 14.4 Å². The molecule has 0 aliphatic heterocycles. The summed E-state index contributed by atoms with van der Waals surface area (Å²) in [5.41, 5.74) is 6.75. The van der Waals surface area contributed by atoms with Crippen LogP contribution >= 0.6 is 11.8 Å². The summed E-state index contributed by atoms with van der Waals surface area (Å²) in [6.07, 6.45) is 1.71. The zero-order valence-electron chi connectivity index (χ0n) is 16.2. The number of carboxylic acid groups (broad SMARTS) is 2. The second-order valence-corrected chi connectivity index (χ2v) is 7.46. The van der Waals surface area contributed by atoms with E-state index in [9.17, 15) is 24.3 Å². The maximum absolute atomic E-state index is 12.5. The fourth-order valence-electron chi connectivity index (χ4n) is 2.54. The molecule has 0 saturated heterocycles. The first-order valence-electron chi connectivity index (χ1n) is 9.08. The Morgan fingerprint density at radius 1 is 1.00 bits per heavy atom. The molecule has 1 rings (SSSR count). The van der Waals surface area contributed by atoms with Crippen molar-refractivity contribution in [3.8, 4) is 0 Å². The van der Waals surface area contributed by atoms with Crippen molar-refractivity contribution in [3.05, 3.63) is 35.9 Å². The molecule has 0 heterocycles. The predicted molar refractivity (Wildman–Crippen MR) is 109 cm³/mol. The van der Waals surface area contributed by atoms with Gasteiger partial charge in [-0.1, -0.05) is 30.3 Å². The van der Waals surface area contributed by atoms with Gasteiger partial charge in [0.15, 0.2) is 0 Å². The Balaban J connectivity index is 2.78. The van der Waals surface area contributed by atoms with E-state index < -0.39 is 41.9 Å². The van der Waals surface area contributed by atoms with Gasteiger partial charge in [0.05, 0.1) is 6.04 Å². The number of nitrogens with two attached hydrogens (primary N) is 1. The molecule has 0 aromatic heterocycles. The number of aliphatic carboxylic acids is 2. The van der Waals surface area contributed by atoms with E-state index in [4.69, 9.17) is 10.8 Å². The van der Waals surface area contributed by atoms with Crippen LogP contribution in [0, 0.1) is 0 Å². The number of nitrogens with one attached hydrogen (secondary N) is 2. The molecule has 0 bridgehead atoms. The minimum atomic E-state index is -1.20. The van der Waals surface area contributed by atoms with Gasteiger partial charge in [0.25, 0.3) is 0 Å². The number of hydrogen-bond acceptors (Lipinski definition) is 6. The van der Waals surface area contributed by atoms with E-state index in [0.29, 0.717) is 5.75 Å². The summed E-state index contributed by atoms with van der Waals surface area (Å²) in [5.74, 6) is -3.18. The van der Waals surface area contributed by atoms with Crippen molar-refractivity contribution in [2.75, 3.05) is 12.0 Å². The topological polar surface area (TPSA) is 159 Å². The Kier molecular flexibility index (Phi) is 10.8. The molecule has 1 aromatic rings. The molecule has 2 amide bonds. The molecule has 3 atom stereocenters. The predicted octanol–water partition coefficient (Wildman–Crippen LogP) is 0.229. The molecule has 0 aliphatic rings. The van der Waals surface area contributed by atoms with Crippen LogP contribution in [-0.2, 0) is 25.6 Å². The van der Waals surface area contributed by atoms with E-state index in [2.05, 4.69) is 10.6 Å². The Morgan fingerprint density at radius 3 is 2.17 bits per heavy atom. The molecule has 0 saturated carbocycles. The van der Waals surface area contributed by atoms with Gasteiger partial charge >= 0.3 is 11.9 Å². The average Bonchev–Trinajstić information content (AvgIpc) is 2.68. The van der Waals surface area contributed by atoms with Crippen molar-refractivity contribution in [3.63, 3.8) is 0 Å². The maximum Gasteiger partial charge on any atom is 0.326 e. The highest BCUT2D eigenvalue weighted by Gasteiger charge is 2.28. The van der Waals surface area contributed by atoms with Crippen LogP contribution in [0.1, 0.15) is 24.8 Å². The zero-order chi connectivity index (χ0) is 21.8. The number of carboxylic acids is 2. The average molecular weight is 426 g/mol. The number of amides is 2. The lowest BCUT2D eigenvalue weighted by Gasteiger charge is -2.22. The van der Waals surface area contributed by atoms with Crippen LogP contribution < -0.4 is 16.4 Å². The monoisotopic (exact) mass is 425 g/mol. The highest BCUT2D eigenvalue weighted by atomic mass is 32.2. The van der Waals surface area contributed by atoms with Crippen molar-refractivity contribution in [2.24, 2.45) is 5.73 Å². The number of benzene rings is 1. The quantitative estimate of drug-likeness (QED) is 0.300. The lowest BCUT2D eigenvalue weighted by Crippen LogP contribution is -2.55. The molecule has 10 heteroatoms. The molecule has 0 fully saturated rings. The fourth-order valence-corrected chi connectivity index (χ4v) is 3.01. The van der Waals surface area contributed by atoms with E-state index in [1.54, 1.807) is 0 Å². The lowest BCUT2D eigenvalue weighted by molar-refractivity contribution is -0.143. The Morgan fingerprint density at radius 2 is 1.62 bits per heavy atom. The summed E-state index contributed by atoms with van der Waals surface area (Å²) in [5, 5.41) is 23.0.